The number of amides is 2. The summed E-state index contributed by atoms with van der Waals surface area (Å²) < 4.78 is 0. The van der Waals surface area contributed by atoms with Crippen molar-refractivity contribution >= 4 is 11.8 Å². The summed E-state index contributed by atoms with van der Waals surface area (Å²) in [6.45, 7) is 4.09. The average Bonchev–Trinajstić information content (AvgIpc) is 3.16. The first-order chi connectivity index (χ1) is 13.5. The van der Waals surface area contributed by atoms with E-state index in [1.54, 1.807) is 0 Å². The zero-order valence-corrected chi connectivity index (χ0v) is 17.4. The Morgan fingerprint density at radius 2 is 1.89 bits per heavy atom. The minimum absolute atomic E-state index is 0.0743. The second-order valence-electron chi connectivity index (χ2n) is 9.29. The quantitative estimate of drug-likeness (QED) is 0.803. The van der Waals surface area contributed by atoms with E-state index in [1.165, 1.54) is 17.5 Å². The first kappa shape index (κ1) is 19.4. The van der Waals surface area contributed by atoms with Crippen molar-refractivity contribution in [2.24, 2.45) is 5.41 Å². The van der Waals surface area contributed by atoms with Crippen molar-refractivity contribution in [3.05, 3.63) is 34.9 Å². The van der Waals surface area contributed by atoms with E-state index in [4.69, 9.17) is 0 Å². The van der Waals surface area contributed by atoms with Crippen molar-refractivity contribution in [2.75, 3.05) is 46.8 Å². The number of piperidine rings is 2. The summed E-state index contributed by atoms with van der Waals surface area (Å²) in [5.41, 5.74) is 3.68. The number of benzene rings is 1. The van der Waals surface area contributed by atoms with E-state index in [0.29, 0.717) is 6.42 Å². The van der Waals surface area contributed by atoms with Crippen LogP contribution < -0.4 is 0 Å². The molecule has 0 aromatic heterocycles. The van der Waals surface area contributed by atoms with Crippen LogP contribution in [-0.2, 0) is 17.6 Å². The van der Waals surface area contributed by atoms with E-state index in [0.717, 1.165) is 70.4 Å². The minimum atomic E-state index is 0.0743. The van der Waals surface area contributed by atoms with Crippen LogP contribution >= 0.6 is 0 Å². The first-order valence-corrected chi connectivity index (χ1v) is 10.8. The lowest BCUT2D eigenvalue weighted by molar-refractivity contribution is -0.139. The van der Waals surface area contributed by atoms with Crippen molar-refractivity contribution in [3.63, 3.8) is 0 Å². The highest BCUT2D eigenvalue weighted by Crippen LogP contribution is 2.39. The fourth-order valence-corrected chi connectivity index (χ4v) is 5.23. The van der Waals surface area contributed by atoms with Crippen LogP contribution in [0.1, 0.15) is 53.6 Å². The molecule has 0 radical (unpaired) electrons. The standard InChI is InChI=1S/C23H33N3O2/c1-24(2)13-14-25-16-23(11-9-21(25)27)10-4-12-26(17-23)22(28)20-8-7-18-5-3-6-19(18)15-20/h7-8,15H,3-6,9-14,16-17H2,1-2H3/t23-/m1/s1. The Morgan fingerprint density at radius 3 is 2.71 bits per heavy atom. The Morgan fingerprint density at radius 1 is 1.07 bits per heavy atom. The molecule has 5 nitrogen and oxygen atoms in total. The highest BCUT2D eigenvalue weighted by molar-refractivity contribution is 5.94. The fraction of sp³-hybridized carbons (Fsp3) is 0.652. The van der Waals surface area contributed by atoms with Gasteiger partial charge in [0, 0.05) is 50.1 Å². The van der Waals surface area contributed by atoms with Crippen molar-refractivity contribution in [1.82, 2.24) is 14.7 Å². The van der Waals surface area contributed by atoms with Gasteiger partial charge in [0.1, 0.15) is 0 Å². The number of carbonyl (C=O) groups is 2. The molecule has 1 aromatic carbocycles. The average molecular weight is 384 g/mol. The largest absolute Gasteiger partial charge is 0.341 e. The summed E-state index contributed by atoms with van der Waals surface area (Å²) in [6, 6.07) is 6.29. The zero-order valence-electron chi connectivity index (χ0n) is 17.4. The van der Waals surface area contributed by atoms with E-state index in [2.05, 4.69) is 21.9 Å². The van der Waals surface area contributed by atoms with Gasteiger partial charge in [0.2, 0.25) is 5.91 Å². The van der Waals surface area contributed by atoms with Gasteiger partial charge in [-0.25, -0.2) is 0 Å². The number of hydrogen-bond acceptors (Lipinski definition) is 3. The normalized spacial score (nSPS) is 24.9. The molecule has 2 aliphatic heterocycles. The summed E-state index contributed by atoms with van der Waals surface area (Å²) in [6.07, 6.45) is 7.14. The number of likely N-dealkylation sites (N-methyl/N-ethyl adjacent to an activating group) is 1. The number of rotatable bonds is 4. The highest BCUT2D eigenvalue weighted by atomic mass is 16.2. The molecular formula is C23H33N3O2. The Hall–Kier alpha value is -1.88. The summed E-state index contributed by atoms with van der Waals surface area (Å²) in [5, 5.41) is 0. The van der Waals surface area contributed by atoms with Crippen LogP contribution in [0.4, 0.5) is 0 Å². The second kappa shape index (κ2) is 7.86. The lowest BCUT2D eigenvalue weighted by Gasteiger charge is -2.48. The van der Waals surface area contributed by atoms with Gasteiger partial charge < -0.3 is 14.7 Å². The Balaban J connectivity index is 1.46. The first-order valence-electron chi connectivity index (χ1n) is 10.8. The summed E-state index contributed by atoms with van der Waals surface area (Å²) >= 11 is 0. The number of aryl methyl sites for hydroxylation is 2. The molecule has 1 aliphatic carbocycles. The summed E-state index contributed by atoms with van der Waals surface area (Å²) in [7, 11) is 4.09. The number of nitrogens with zero attached hydrogens (tertiary/aromatic N) is 3. The third-order valence-electron chi connectivity index (χ3n) is 6.86. The molecule has 1 atom stereocenters. The third kappa shape index (κ3) is 3.95. The van der Waals surface area contributed by atoms with E-state index in [1.807, 2.05) is 25.1 Å². The topological polar surface area (TPSA) is 43.9 Å². The Labute approximate surface area is 168 Å². The van der Waals surface area contributed by atoms with E-state index in [9.17, 15) is 9.59 Å². The van der Waals surface area contributed by atoms with Crippen LogP contribution in [-0.4, -0.2) is 73.3 Å². The zero-order chi connectivity index (χ0) is 19.7. The van der Waals surface area contributed by atoms with Gasteiger partial charge in [-0.05, 0) is 75.9 Å². The lowest BCUT2D eigenvalue weighted by Crippen LogP contribution is -2.55. The van der Waals surface area contributed by atoms with Gasteiger partial charge in [-0.15, -0.1) is 0 Å². The monoisotopic (exact) mass is 383 g/mol. The molecule has 2 saturated heterocycles. The third-order valence-corrected chi connectivity index (χ3v) is 6.86. The highest BCUT2D eigenvalue weighted by Gasteiger charge is 2.42. The lowest BCUT2D eigenvalue weighted by atomic mass is 9.73. The summed E-state index contributed by atoms with van der Waals surface area (Å²) in [5.74, 6) is 0.445. The van der Waals surface area contributed by atoms with Gasteiger partial charge in [0.15, 0.2) is 0 Å². The Kier molecular flexibility index (Phi) is 5.46. The van der Waals surface area contributed by atoms with Crippen LogP contribution in [0.2, 0.25) is 0 Å². The molecule has 0 N–H and O–H groups in total. The number of fused-ring (bicyclic) bond motifs is 1. The van der Waals surface area contributed by atoms with Gasteiger partial charge in [-0.2, -0.15) is 0 Å². The van der Waals surface area contributed by atoms with Crippen LogP contribution in [0.3, 0.4) is 0 Å². The molecule has 5 heteroatoms. The SMILES string of the molecule is CN(C)CCN1C[C@@]2(CCCN(C(=O)c3ccc4c(c3)CCC4)C2)CCC1=O. The Bertz CT molecular complexity index is 760. The van der Waals surface area contributed by atoms with Crippen molar-refractivity contribution in [1.29, 1.82) is 0 Å². The van der Waals surface area contributed by atoms with Gasteiger partial charge >= 0.3 is 0 Å². The molecule has 2 fully saturated rings. The molecule has 0 saturated carbocycles. The van der Waals surface area contributed by atoms with Crippen molar-refractivity contribution in [2.45, 2.75) is 44.9 Å². The van der Waals surface area contributed by atoms with Gasteiger partial charge in [0.25, 0.3) is 5.91 Å². The smallest absolute Gasteiger partial charge is 0.253 e. The molecule has 4 rings (SSSR count). The minimum Gasteiger partial charge on any atom is -0.341 e. The van der Waals surface area contributed by atoms with Crippen LogP contribution in [0, 0.1) is 5.41 Å². The predicted molar refractivity (Wildman–Crippen MR) is 110 cm³/mol. The molecule has 0 unspecified atom stereocenters. The van der Waals surface area contributed by atoms with Gasteiger partial charge in [0.05, 0.1) is 0 Å². The molecule has 0 bridgehead atoms. The molecule has 1 spiro atoms. The maximum atomic E-state index is 13.2. The van der Waals surface area contributed by atoms with Gasteiger partial charge in [-0.1, -0.05) is 6.07 Å². The van der Waals surface area contributed by atoms with Crippen LogP contribution in [0.15, 0.2) is 18.2 Å². The van der Waals surface area contributed by atoms with Crippen LogP contribution in [0.5, 0.6) is 0 Å². The molecule has 2 amide bonds. The van der Waals surface area contributed by atoms with E-state index in [-0.39, 0.29) is 17.2 Å². The molecule has 28 heavy (non-hydrogen) atoms. The maximum Gasteiger partial charge on any atom is 0.253 e. The molecular weight excluding hydrogens is 350 g/mol. The van der Waals surface area contributed by atoms with Gasteiger partial charge in [-0.3, -0.25) is 9.59 Å². The van der Waals surface area contributed by atoms with Crippen molar-refractivity contribution < 1.29 is 9.59 Å². The predicted octanol–water partition coefficient (Wildman–Crippen LogP) is 2.58. The number of hydrogen-bond donors (Lipinski definition) is 0. The number of carbonyl (C=O) groups excluding carboxylic acids is 2. The fourth-order valence-electron chi connectivity index (χ4n) is 5.23. The van der Waals surface area contributed by atoms with Crippen molar-refractivity contribution in [3.8, 4) is 0 Å². The molecule has 2 heterocycles. The van der Waals surface area contributed by atoms with E-state index >= 15 is 0 Å². The summed E-state index contributed by atoms with van der Waals surface area (Å²) in [4.78, 5) is 31.8. The number of likely N-dealkylation sites (tertiary alicyclic amines) is 2. The van der Waals surface area contributed by atoms with Crippen LogP contribution in [0.25, 0.3) is 0 Å². The van der Waals surface area contributed by atoms with E-state index < -0.39 is 0 Å². The molecule has 1 aromatic rings. The maximum absolute atomic E-state index is 13.2. The molecule has 3 aliphatic rings. The molecule has 152 valence electrons. The second-order valence-corrected chi connectivity index (χ2v) is 9.29.